The van der Waals surface area contributed by atoms with Crippen LogP contribution in [0.15, 0.2) is 12.2 Å². The standard InChI is InChI=1S/C7H12O/c1-6(5-8)7-3-2-4-7/h7-8H,1-5H2. The van der Waals surface area contributed by atoms with E-state index < -0.39 is 0 Å². The second kappa shape index (κ2) is 2.31. The molecule has 0 aromatic rings. The molecule has 0 spiro atoms. The van der Waals surface area contributed by atoms with E-state index in [4.69, 9.17) is 5.11 Å². The highest BCUT2D eigenvalue weighted by atomic mass is 16.3. The van der Waals surface area contributed by atoms with Crippen LogP contribution in [-0.4, -0.2) is 11.7 Å². The number of hydrogen-bond acceptors (Lipinski definition) is 1. The van der Waals surface area contributed by atoms with Crippen molar-refractivity contribution < 1.29 is 5.11 Å². The zero-order valence-electron chi connectivity index (χ0n) is 5.06. The lowest BCUT2D eigenvalue weighted by molar-refractivity contribution is 0.278. The van der Waals surface area contributed by atoms with Crippen LogP contribution in [-0.2, 0) is 0 Å². The Morgan fingerprint density at radius 1 is 1.62 bits per heavy atom. The molecule has 1 aliphatic carbocycles. The van der Waals surface area contributed by atoms with Crippen molar-refractivity contribution in [2.45, 2.75) is 19.3 Å². The minimum atomic E-state index is 0.185. The zero-order chi connectivity index (χ0) is 5.98. The molecule has 1 nitrogen and oxygen atoms in total. The van der Waals surface area contributed by atoms with Crippen LogP contribution >= 0.6 is 0 Å². The molecule has 46 valence electrons. The smallest absolute Gasteiger partial charge is 0.0641 e. The summed E-state index contributed by atoms with van der Waals surface area (Å²) < 4.78 is 0. The first-order chi connectivity index (χ1) is 3.84. The van der Waals surface area contributed by atoms with Gasteiger partial charge in [-0.3, -0.25) is 0 Å². The van der Waals surface area contributed by atoms with Gasteiger partial charge in [0.25, 0.3) is 0 Å². The van der Waals surface area contributed by atoms with E-state index in [0.717, 1.165) is 5.57 Å². The average Bonchev–Trinajstić information content (AvgIpc) is 1.62. The predicted octanol–water partition coefficient (Wildman–Crippen LogP) is 1.33. The summed E-state index contributed by atoms with van der Waals surface area (Å²) in [5.41, 5.74) is 1.02. The van der Waals surface area contributed by atoms with Crippen LogP contribution in [0.3, 0.4) is 0 Å². The van der Waals surface area contributed by atoms with Crippen LogP contribution < -0.4 is 0 Å². The Morgan fingerprint density at radius 3 is 2.38 bits per heavy atom. The van der Waals surface area contributed by atoms with E-state index in [2.05, 4.69) is 6.58 Å². The molecule has 0 aromatic heterocycles. The van der Waals surface area contributed by atoms with E-state index in [1.165, 1.54) is 19.3 Å². The fourth-order valence-electron chi connectivity index (χ4n) is 0.946. The largest absolute Gasteiger partial charge is 0.392 e. The fourth-order valence-corrected chi connectivity index (χ4v) is 0.946. The summed E-state index contributed by atoms with van der Waals surface area (Å²) in [7, 11) is 0. The molecule has 0 radical (unpaired) electrons. The Kier molecular flexibility index (Phi) is 1.69. The van der Waals surface area contributed by atoms with Gasteiger partial charge in [0.2, 0.25) is 0 Å². The molecule has 1 heteroatoms. The molecule has 1 rings (SSSR count). The van der Waals surface area contributed by atoms with Crippen molar-refractivity contribution in [2.75, 3.05) is 6.61 Å². The first-order valence-electron chi connectivity index (χ1n) is 3.13. The SMILES string of the molecule is C=C(CO)C1CCC1. The van der Waals surface area contributed by atoms with E-state index in [-0.39, 0.29) is 6.61 Å². The predicted molar refractivity (Wildman–Crippen MR) is 33.6 cm³/mol. The van der Waals surface area contributed by atoms with Crippen LogP contribution in [0.25, 0.3) is 0 Å². The Bertz CT molecular complexity index is 92.6. The third-order valence-corrected chi connectivity index (χ3v) is 1.89. The molecule has 0 aromatic carbocycles. The van der Waals surface area contributed by atoms with Gasteiger partial charge in [0.15, 0.2) is 0 Å². The summed E-state index contributed by atoms with van der Waals surface area (Å²) in [5.74, 6) is 0.653. The van der Waals surface area contributed by atoms with Gasteiger partial charge >= 0.3 is 0 Å². The number of hydrogen-bond donors (Lipinski definition) is 1. The zero-order valence-corrected chi connectivity index (χ0v) is 5.06. The molecule has 0 amide bonds. The molecular formula is C7H12O. The molecule has 1 saturated carbocycles. The maximum atomic E-state index is 8.57. The Labute approximate surface area is 50.0 Å². The molecule has 0 atom stereocenters. The average molecular weight is 112 g/mol. The molecule has 1 fully saturated rings. The second-order valence-corrected chi connectivity index (χ2v) is 2.44. The van der Waals surface area contributed by atoms with E-state index >= 15 is 0 Å². The van der Waals surface area contributed by atoms with Gasteiger partial charge in [-0.25, -0.2) is 0 Å². The lowest BCUT2D eigenvalue weighted by atomic mass is 9.80. The molecule has 0 unspecified atom stereocenters. The monoisotopic (exact) mass is 112 g/mol. The summed E-state index contributed by atoms with van der Waals surface area (Å²) in [5, 5.41) is 8.57. The second-order valence-electron chi connectivity index (χ2n) is 2.44. The molecular weight excluding hydrogens is 100 g/mol. The summed E-state index contributed by atoms with van der Waals surface area (Å²) >= 11 is 0. The van der Waals surface area contributed by atoms with Crippen molar-refractivity contribution in [2.24, 2.45) is 5.92 Å². The van der Waals surface area contributed by atoms with Crippen LogP contribution in [0.4, 0.5) is 0 Å². The maximum Gasteiger partial charge on any atom is 0.0641 e. The highest BCUT2D eigenvalue weighted by molar-refractivity contribution is 5.03. The van der Waals surface area contributed by atoms with Crippen molar-refractivity contribution >= 4 is 0 Å². The van der Waals surface area contributed by atoms with Gasteiger partial charge in [0, 0.05) is 0 Å². The van der Waals surface area contributed by atoms with Gasteiger partial charge < -0.3 is 5.11 Å². The van der Waals surface area contributed by atoms with E-state index in [9.17, 15) is 0 Å². The highest BCUT2D eigenvalue weighted by Crippen LogP contribution is 2.31. The van der Waals surface area contributed by atoms with E-state index in [0.29, 0.717) is 5.92 Å². The third-order valence-electron chi connectivity index (χ3n) is 1.89. The number of aliphatic hydroxyl groups is 1. The van der Waals surface area contributed by atoms with Crippen LogP contribution in [0.1, 0.15) is 19.3 Å². The van der Waals surface area contributed by atoms with Gasteiger partial charge in [-0.1, -0.05) is 13.0 Å². The molecule has 0 heterocycles. The normalized spacial score (nSPS) is 20.1. The van der Waals surface area contributed by atoms with Gasteiger partial charge in [0.05, 0.1) is 6.61 Å². The Balaban J connectivity index is 2.24. The number of rotatable bonds is 2. The summed E-state index contributed by atoms with van der Waals surface area (Å²) in [6, 6.07) is 0. The van der Waals surface area contributed by atoms with Crippen molar-refractivity contribution in [3.8, 4) is 0 Å². The third kappa shape index (κ3) is 0.920. The van der Waals surface area contributed by atoms with Crippen LogP contribution in [0.2, 0.25) is 0 Å². The molecule has 0 bridgehead atoms. The van der Waals surface area contributed by atoms with Gasteiger partial charge in [-0.2, -0.15) is 0 Å². The molecule has 8 heavy (non-hydrogen) atoms. The Morgan fingerprint density at radius 2 is 2.25 bits per heavy atom. The van der Waals surface area contributed by atoms with E-state index in [1.807, 2.05) is 0 Å². The van der Waals surface area contributed by atoms with Crippen LogP contribution in [0.5, 0.6) is 0 Å². The van der Waals surface area contributed by atoms with Crippen molar-refractivity contribution in [1.82, 2.24) is 0 Å². The quantitative estimate of drug-likeness (QED) is 0.534. The molecule has 1 N–H and O–H groups in total. The van der Waals surface area contributed by atoms with E-state index in [1.54, 1.807) is 0 Å². The minimum Gasteiger partial charge on any atom is -0.392 e. The van der Waals surface area contributed by atoms with Gasteiger partial charge in [-0.05, 0) is 24.3 Å². The highest BCUT2D eigenvalue weighted by Gasteiger charge is 2.18. The molecule has 0 aliphatic heterocycles. The first-order valence-corrected chi connectivity index (χ1v) is 3.13. The first kappa shape index (κ1) is 5.83. The van der Waals surface area contributed by atoms with Crippen molar-refractivity contribution in [1.29, 1.82) is 0 Å². The summed E-state index contributed by atoms with van der Waals surface area (Å²) in [4.78, 5) is 0. The molecule has 0 saturated heterocycles. The minimum absolute atomic E-state index is 0.185. The van der Waals surface area contributed by atoms with Gasteiger partial charge in [-0.15, -0.1) is 0 Å². The lowest BCUT2D eigenvalue weighted by Gasteiger charge is -2.26. The summed E-state index contributed by atoms with van der Waals surface area (Å²) in [6.45, 7) is 3.93. The van der Waals surface area contributed by atoms with Crippen molar-refractivity contribution in [3.63, 3.8) is 0 Å². The maximum absolute atomic E-state index is 8.57. The molecule has 1 aliphatic rings. The summed E-state index contributed by atoms with van der Waals surface area (Å²) in [6.07, 6.45) is 3.82. The van der Waals surface area contributed by atoms with Crippen LogP contribution in [0, 0.1) is 5.92 Å². The lowest BCUT2D eigenvalue weighted by Crippen LogP contribution is -2.14. The topological polar surface area (TPSA) is 20.2 Å². The van der Waals surface area contributed by atoms with Gasteiger partial charge in [0.1, 0.15) is 0 Å². The van der Waals surface area contributed by atoms with Crippen molar-refractivity contribution in [3.05, 3.63) is 12.2 Å². The Hall–Kier alpha value is -0.300. The fraction of sp³-hybridized carbons (Fsp3) is 0.714. The number of aliphatic hydroxyl groups excluding tert-OH is 1.